The minimum Gasteiger partial charge on any atom is -0.378 e. The van der Waals surface area contributed by atoms with Crippen molar-refractivity contribution in [1.82, 2.24) is 0 Å². The van der Waals surface area contributed by atoms with Crippen molar-refractivity contribution < 1.29 is 0 Å². The van der Waals surface area contributed by atoms with Crippen molar-refractivity contribution in [2.75, 3.05) is 5.32 Å². The van der Waals surface area contributed by atoms with Crippen LogP contribution in [0.3, 0.4) is 0 Å². The van der Waals surface area contributed by atoms with Crippen LogP contribution in [-0.2, 0) is 6.42 Å². The molecule has 2 aromatic rings. The van der Waals surface area contributed by atoms with Gasteiger partial charge in [-0.25, -0.2) is 0 Å². The summed E-state index contributed by atoms with van der Waals surface area (Å²) in [6.45, 7) is 6.40. The average molecular weight is 308 g/mol. The van der Waals surface area contributed by atoms with E-state index >= 15 is 0 Å². The lowest BCUT2D eigenvalue weighted by Gasteiger charge is -2.21. The van der Waals surface area contributed by atoms with Gasteiger partial charge in [0.25, 0.3) is 0 Å². The van der Waals surface area contributed by atoms with Gasteiger partial charge >= 0.3 is 0 Å². The Bertz CT molecular complexity index is 608. The Balaban J connectivity index is 2.30. The van der Waals surface area contributed by atoms with Crippen LogP contribution in [-0.4, -0.2) is 0 Å². The number of benzene rings is 2. The van der Waals surface area contributed by atoms with E-state index in [2.05, 4.69) is 44.3 Å². The molecule has 0 aromatic heterocycles. The van der Waals surface area contributed by atoms with Crippen LogP contribution in [0.25, 0.3) is 0 Å². The van der Waals surface area contributed by atoms with Crippen molar-refractivity contribution in [2.24, 2.45) is 0 Å². The van der Waals surface area contributed by atoms with Gasteiger partial charge in [0, 0.05) is 15.7 Å². The van der Waals surface area contributed by atoms with Crippen molar-refractivity contribution in [3.63, 3.8) is 0 Å². The number of para-hydroxylation sites is 1. The van der Waals surface area contributed by atoms with Gasteiger partial charge in [-0.1, -0.05) is 54.4 Å². The lowest BCUT2D eigenvalue weighted by molar-refractivity contribution is 0.877. The molecule has 0 aliphatic heterocycles. The second-order valence-corrected chi connectivity index (χ2v) is 5.84. The Kier molecular flexibility index (Phi) is 4.95. The normalized spacial score (nSPS) is 12.2. The molecule has 0 saturated carbocycles. The fourth-order valence-electron chi connectivity index (χ4n) is 2.38. The van der Waals surface area contributed by atoms with Crippen molar-refractivity contribution >= 4 is 28.9 Å². The van der Waals surface area contributed by atoms with E-state index in [1.807, 2.05) is 12.1 Å². The zero-order chi connectivity index (χ0) is 14.7. The van der Waals surface area contributed by atoms with Gasteiger partial charge in [-0.15, -0.1) is 0 Å². The summed E-state index contributed by atoms with van der Waals surface area (Å²) in [5.41, 5.74) is 4.83. The predicted molar refractivity (Wildman–Crippen MR) is 89.1 cm³/mol. The summed E-state index contributed by atoms with van der Waals surface area (Å²) < 4.78 is 0. The molecule has 0 heterocycles. The largest absolute Gasteiger partial charge is 0.378 e. The van der Waals surface area contributed by atoms with E-state index in [0.717, 1.165) is 12.0 Å². The van der Waals surface area contributed by atoms with Gasteiger partial charge in [-0.3, -0.25) is 0 Å². The summed E-state index contributed by atoms with van der Waals surface area (Å²) in [6, 6.07) is 12.1. The van der Waals surface area contributed by atoms with Gasteiger partial charge in [-0.2, -0.15) is 0 Å². The van der Waals surface area contributed by atoms with E-state index in [0.29, 0.717) is 10.0 Å². The number of hydrogen-bond acceptors (Lipinski definition) is 1. The molecule has 1 atom stereocenters. The van der Waals surface area contributed by atoms with Crippen LogP contribution in [0.15, 0.2) is 36.4 Å². The van der Waals surface area contributed by atoms with Crippen molar-refractivity contribution in [1.29, 1.82) is 0 Å². The summed E-state index contributed by atoms with van der Waals surface area (Å²) in [6.07, 6.45) is 1.01. The van der Waals surface area contributed by atoms with Crippen molar-refractivity contribution in [2.45, 2.75) is 33.2 Å². The first-order chi connectivity index (χ1) is 9.52. The second-order valence-electron chi connectivity index (χ2n) is 4.99. The maximum absolute atomic E-state index is 6.28. The first kappa shape index (κ1) is 15.2. The van der Waals surface area contributed by atoms with Gasteiger partial charge in [0.2, 0.25) is 0 Å². The van der Waals surface area contributed by atoms with Gasteiger partial charge in [0.05, 0.1) is 6.04 Å². The van der Waals surface area contributed by atoms with Gasteiger partial charge < -0.3 is 5.32 Å². The summed E-state index contributed by atoms with van der Waals surface area (Å²) in [5, 5.41) is 4.94. The number of aryl methyl sites for hydroxylation is 2. The fourth-order valence-corrected chi connectivity index (χ4v) is 2.95. The van der Waals surface area contributed by atoms with E-state index in [9.17, 15) is 0 Å². The molecule has 1 nitrogen and oxygen atoms in total. The molecular formula is C17H19Cl2N. The highest BCUT2D eigenvalue weighted by atomic mass is 35.5. The quantitative estimate of drug-likeness (QED) is 0.726. The number of hydrogen-bond donors (Lipinski definition) is 1. The van der Waals surface area contributed by atoms with Crippen LogP contribution in [0, 0.1) is 6.92 Å². The van der Waals surface area contributed by atoms with Crippen LogP contribution in [0.2, 0.25) is 10.0 Å². The van der Waals surface area contributed by atoms with Crippen molar-refractivity contribution in [3.8, 4) is 0 Å². The maximum Gasteiger partial charge on any atom is 0.0500 e. The second kappa shape index (κ2) is 6.51. The van der Waals surface area contributed by atoms with Gasteiger partial charge in [-0.05, 0) is 49.1 Å². The summed E-state index contributed by atoms with van der Waals surface area (Å²) >= 11 is 12.2. The first-order valence-corrected chi connectivity index (χ1v) is 7.58. The molecule has 0 spiro atoms. The molecule has 1 unspecified atom stereocenters. The van der Waals surface area contributed by atoms with E-state index in [1.54, 1.807) is 6.07 Å². The third-order valence-corrected chi connectivity index (χ3v) is 4.09. The highest BCUT2D eigenvalue weighted by molar-refractivity contribution is 6.35. The molecule has 0 radical (unpaired) electrons. The molecular weight excluding hydrogens is 289 g/mol. The minimum atomic E-state index is 0.131. The lowest BCUT2D eigenvalue weighted by atomic mass is 10.0. The predicted octanol–water partition coefficient (Wildman–Crippen LogP) is 6.04. The Hall–Kier alpha value is -1.18. The fraction of sp³-hybridized carbons (Fsp3) is 0.294. The molecule has 0 saturated heterocycles. The molecule has 0 aliphatic carbocycles. The van der Waals surface area contributed by atoms with Crippen LogP contribution < -0.4 is 5.32 Å². The molecule has 0 amide bonds. The third kappa shape index (κ3) is 3.28. The van der Waals surface area contributed by atoms with Gasteiger partial charge in [0.1, 0.15) is 0 Å². The minimum absolute atomic E-state index is 0.131. The number of rotatable bonds is 4. The van der Waals surface area contributed by atoms with E-state index in [-0.39, 0.29) is 6.04 Å². The first-order valence-electron chi connectivity index (χ1n) is 6.83. The van der Waals surface area contributed by atoms with Crippen LogP contribution in [0.4, 0.5) is 5.69 Å². The van der Waals surface area contributed by atoms with Crippen LogP contribution >= 0.6 is 23.2 Å². The van der Waals surface area contributed by atoms with Crippen molar-refractivity contribution in [3.05, 3.63) is 63.1 Å². The molecule has 2 rings (SSSR count). The zero-order valence-corrected chi connectivity index (χ0v) is 13.5. The Morgan fingerprint density at radius 1 is 1.15 bits per heavy atom. The zero-order valence-electron chi connectivity index (χ0n) is 12.0. The SMILES string of the molecule is CCc1cccc(C)c1NC(C)c1ccc(Cl)cc1Cl. The highest BCUT2D eigenvalue weighted by Crippen LogP contribution is 2.31. The Labute approximate surface area is 130 Å². The van der Waals surface area contributed by atoms with Gasteiger partial charge in [0.15, 0.2) is 0 Å². The maximum atomic E-state index is 6.28. The highest BCUT2D eigenvalue weighted by Gasteiger charge is 2.12. The van der Waals surface area contributed by atoms with Crippen LogP contribution in [0.1, 0.15) is 36.6 Å². The molecule has 106 valence electrons. The van der Waals surface area contributed by atoms with E-state index in [1.165, 1.54) is 16.8 Å². The Morgan fingerprint density at radius 3 is 2.55 bits per heavy atom. The molecule has 20 heavy (non-hydrogen) atoms. The summed E-state index contributed by atoms with van der Waals surface area (Å²) in [7, 11) is 0. The number of anilines is 1. The molecule has 0 fully saturated rings. The molecule has 2 aromatic carbocycles. The number of nitrogens with one attached hydrogen (secondary N) is 1. The van der Waals surface area contributed by atoms with Crippen LogP contribution in [0.5, 0.6) is 0 Å². The van der Waals surface area contributed by atoms with E-state index < -0.39 is 0 Å². The molecule has 0 aliphatic rings. The summed E-state index contributed by atoms with van der Waals surface area (Å²) in [5.74, 6) is 0. The molecule has 3 heteroatoms. The monoisotopic (exact) mass is 307 g/mol. The molecule has 0 bridgehead atoms. The Morgan fingerprint density at radius 2 is 1.90 bits per heavy atom. The summed E-state index contributed by atoms with van der Waals surface area (Å²) in [4.78, 5) is 0. The van der Waals surface area contributed by atoms with E-state index in [4.69, 9.17) is 23.2 Å². The smallest absolute Gasteiger partial charge is 0.0500 e. The molecule has 1 N–H and O–H groups in total. The lowest BCUT2D eigenvalue weighted by Crippen LogP contribution is -2.10. The average Bonchev–Trinajstić information content (AvgIpc) is 2.40. The topological polar surface area (TPSA) is 12.0 Å². The third-order valence-electron chi connectivity index (χ3n) is 3.53. The standard InChI is InChI=1S/C17H19Cl2N/c1-4-13-7-5-6-11(2)17(13)20-12(3)15-9-8-14(18)10-16(15)19/h5-10,12,20H,4H2,1-3H3. The number of halogens is 2.